The van der Waals surface area contributed by atoms with E-state index in [1.807, 2.05) is 0 Å². The summed E-state index contributed by atoms with van der Waals surface area (Å²) in [5, 5.41) is 0. The predicted octanol–water partition coefficient (Wildman–Crippen LogP) is 6.56. The standard InChI is InChI=1S/C23H40Br2O4/c1-2-3-4-5-6-10-13-29-23(26)19-16-21(25)22(17-20(19)24)28-15-14-27-18-11-8-7-9-12-18/h18-22H,2-17H2,1H3. The Hall–Kier alpha value is 0.350. The topological polar surface area (TPSA) is 44.8 Å². The molecule has 4 nitrogen and oxygen atoms in total. The van der Waals surface area contributed by atoms with E-state index >= 15 is 0 Å². The van der Waals surface area contributed by atoms with Gasteiger partial charge < -0.3 is 14.2 Å². The lowest BCUT2D eigenvalue weighted by molar-refractivity contribution is -0.150. The predicted molar refractivity (Wildman–Crippen MR) is 125 cm³/mol. The maximum Gasteiger partial charge on any atom is 0.310 e. The number of esters is 1. The molecule has 6 heteroatoms. The summed E-state index contributed by atoms with van der Waals surface area (Å²) < 4.78 is 17.6. The van der Waals surface area contributed by atoms with Gasteiger partial charge in [0.15, 0.2) is 0 Å². The first-order valence-electron chi connectivity index (χ1n) is 11.8. The Morgan fingerprint density at radius 3 is 2.28 bits per heavy atom. The van der Waals surface area contributed by atoms with E-state index in [1.165, 1.54) is 57.8 Å². The molecule has 4 unspecified atom stereocenters. The Morgan fingerprint density at radius 2 is 1.52 bits per heavy atom. The number of hydrogen-bond acceptors (Lipinski definition) is 4. The van der Waals surface area contributed by atoms with Crippen LogP contribution in [0.5, 0.6) is 0 Å². The molecule has 0 spiro atoms. The van der Waals surface area contributed by atoms with Crippen molar-refractivity contribution in [2.24, 2.45) is 5.92 Å². The SMILES string of the molecule is CCCCCCCCOC(=O)C1CC(Br)C(OCCOC2CCCCC2)CC1Br. The van der Waals surface area contributed by atoms with Crippen LogP contribution in [0.4, 0.5) is 0 Å². The number of rotatable bonds is 13. The van der Waals surface area contributed by atoms with Gasteiger partial charge in [-0.2, -0.15) is 0 Å². The number of unbranched alkanes of at least 4 members (excludes halogenated alkanes) is 5. The van der Waals surface area contributed by atoms with Crippen LogP contribution < -0.4 is 0 Å². The van der Waals surface area contributed by atoms with Crippen LogP contribution in [0.1, 0.15) is 90.4 Å². The lowest BCUT2D eigenvalue weighted by Crippen LogP contribution is -2.42. The molecule has 2 aliphatic carbocycles. The van der Waals surface area contributed by atoms with Gasteiger partial charge in [0.2, 0.25) is 0 Å². The Morgan fingerprint density at radius 1 is 0.828 bits per heavy atom. The van der Waals surface area contributed by atoms with E-state index in [1.54, 1.807) is 0 Å². The van der Waals surface area contributed by atoms with E-state index in [9.17, 15) is 4.79 Å². The fourth-order valence-electron chi connectivity index (χ4n) is 4.30. The number of carbonyl (C=O) groups excluding carboxylic acids is 1. The summed E-state index contributed by atoms with van der Waals surface area (Å²) in [6, 6.07) is 0. The number of ether oxygens (including phenoxy) is 3. The highest BCUT2D eigenvalue weighted by molar-refractivity contribution is 9.10. The molecular weight excluding hydrogens is 500 g/mol. The van der Waals surface area contributed by atoms with Crippen LogP contribution in [0.25, 0.3) is 0 Å². The fraction of sp³-hybridized carbons (Fsp3) is 0.957. The zero-order chi connectivity index (χ0) is 20.9. The van der Waals surface area contributed by atoms with E-state index in [2.05, 4.69) is 38.8 Å². The second kappa shape index (κ2) is 15.2. The van der Waals surface area contributed by atoms with Crippen molar-refractivity contribution in [2.45, 2.75) is 112 Å². The maximum absolute atomic E-state index is 12.5. The summed E-state index contributed by atoms with van der Waals surface area (Å²) in [5.74, 6) is -0.165. The second-order valence-electron chi connectivity index (χ2n) is 8.59. The third-order valence-electron chi connectivity index (χ3n) is 6.14. The molecule has 29 heavy (non-hydrogen) atoms. The van der Waals surface area contributed by atoms with Gasteiger partial charge in [-0.1, -0.05) is 90.2 Å². The van der Waals surface area contributed by atoms with Crippen LogP contribution in [0, 0.1) is 5.92 Å². The van der Waals surface area contributed by atoms with Gasteiger partial charge in [0.25, 0.3) is 0 Å². The molecule has 2 rings (SSSR count). The van der Waals surface area contributed by atoms with Gasteiger partial charge in [-0.05, 0) is 32.1 Å². The van der Waals surface area contributed by atoms with Gasteiger partial charge >= 0.3 is 5.97 Å². The Bertz CT molecular complexity index is 443. The van der Waals surface area contributed by atoms with Crippen LogP contribution in [0.15, 0.2) is 0 Å². The van der Waals surface area contributed by atoms with E-state index in [-0.39, 0.29) is 27.6 Å². The zero-order valence-electron chi connectivity index (χ0n) is 18.1. The second-order valence-corrected chi connectivity index (χ2v) is 10.9. The Labute approximate surface area is 194 Å². The molecule has 0 saturated heterocycles. The van der Waals surface area contributed by atoms with Gasteiger partial charge in [-0.25, -0.2) is 0 Å². The van der Waals surface area contributed by atoms with Crippen molar-refractivity contribution in [1.82, 2.24) is 0 Å². The van der Waals surface area contributed by atoms with Crippen LogP contribution >= 0.6 is 31.9 Å². The van der Waals surface area contributed by atoms with Crippen molar-refractivity contribution in [3.05, 3.63) is 0 Å². The molecule has 4 atom stereocenters. The van der Waals surface area contributed by atoms with Crippen molar-refractivity contribution >= 4 is 37.8 Å². The Balaban J connectivity index is 1.58. The lowest BCUT2D eigenvalue weighted by Gasteiger charge is -2.35. The van der Waals surface area contributed by atoms with Crippen molar-refractivity contribution in [1.29, 1.82) is 0 Å². The minimum absolute atomic E-state index is 0.0658. The van der Waals surface area contributed by atoms with Crippen LogP contribution in [-0.2, 0) is 19.0 Å². The summed E-state index contributed by atoms with van der Waals surface area (Å²) in [6.07, 6.45) is 15.6. The number of carbonyl (C=O) groups is 1. The van der Waals surface area contributed by atoms with Crippen molar-refractivity contribution in [2.75, 3.05) is 19.8 Å². The molecule has 170 valence electrons. The Kier molecular flexibility index (Phi) is 13.4. The first-order valence-corrected chi connectivity index (χ1v) is 13.6. The van der Waals surface area contributed by atoms with Crippen LogP contribution in [0.3, 0.4) is 0 Å². The number of alkyl halides is 2. The third kappa shape index (κ3) is 10.0. The van der Waals surface area contributed by atoms with Crippen molar-refractivity contribution in [3.63, 3.8) is 0 Å². The van der Waals surface area contributed by atoms with Crippen molar-refractivity contribution < 1.29 is 19.0 Å². The molecule has 0 N–H and O–H groups in total. The molecule has 0 radical (unpaired) electrons. The van der Waals surface area contributed by atoms with Gasteiger partial charge in [0.1, 0.15) is 0 Å². The van der Waals surface area contributed by atoms with E-state index in [4.69, 9.17) is 14.2 Å². The molecule has 0 aromatic heterocycles. The summed E-state index contributed by atoms with van der Waals surface area (Å²) in [6.45, 7) is 4.06. The molecule has 2 saturated carbocycles. The fourth-order valence-corrected chi connectivity index (χ4v) is 5.87. The van der Waals surface area contributed by atoms with Crippen LogP contribution in [0.2, 0.25) is 0 Å². The average Bonchev–Trinajstić information content (AvgIpc) is 2.73. The molecule has 0 aliphatic heterocycles. The zero-order valence-corrected chi connectivity index (χ0v) is 21.3. The average molecular weight is 540 g/mol. The van der Waals surface area contributed by atoms with Crippen LogP contribution in [-0.4, -0.2) is 47.7 Å². The molecule has 0 heterocycles. The summed E-state index contributed by atoms with van der Waals surface area (Å²) in [5.41, 5.74) is 0. The molecule has 2 fully saturated rings. The smallest absolute Gasteiger partial charge is 0.310 e. The normalized spacial score (nSPS) is 28.4. The van der Waals surface area contributed by atoms with Gasteiger partial charge in [0.05, 0.1) is 37.9 Å². The molecule has 0 aromatic carbocycles. The quantitative estimate of drug-likeness (QED) is 0.151. The summed E-state index contributed by atoms with van der Waals surface area (Å²) >= 11 is 7.46. The highest BCUT2D eigenvalue weighted by Gasteiger charge is 2.39. The molecule has 0 amide bonds. The highest BCUT2D eigenvalue weighted by Crippen LogP contribution is 2.36. The molecule has 0 bridgehead atoms. The first-order chi connectivity index (χ1) is 14.1. The minimum Gasteiger partial charge on any atom is -0.465 e. The lowest BCUT2D eigenvalue weighted by atomic mass is 9.87. The largest absolute Gasteiger partial charge is 0.465 e. The molecular formula is C23H40Br2O4. The molecule has 2 aliphatic rings. The first kappa shape index (κ1) is 25.6. The highest BCUT2D eigenvalue weighted by atomic mass is 79.9. The third-order valence-corrected chi connectivity index (χ3v) is 8.12. The monoisotopic (exact) mass is 538 g/mol. The van der Waals surface area contributed by atoms with Crippen molar-refractivity contribution in [3.8, 4) is 0 Å². The van der Waals surface area contributed by atoms with Gasteiger partial charge in [-0.3, -0.25) is 4.79 Å². The number of hydrogen-bond donors (Lipinski definition) is 0. The van der Waals surface area contributed by atoms with E-state index < -0.39 is 0 Å². The van der Waals surface area contributed by atoms with Gasteiger partial charge in [0, 0.05) is 9.65 Å². The summed E-state index contributed by atoms with van der Waals surface area (Å²) in [4.78, 5) is 12.8. The maximum atomic E-state index is 12.5. The minimum atomic E-state index is -0.0993. The number of halogens is 2. The summed E-state index contributed by atoms with van der Waals surface area (Å²) in [7, 11) is 0. The van der Waals surface area contributed by atoms with E-state index in [0.717, 1.165) is 25.7 Å². The van der Waals surface area contributed by atoms with E-state index in [0.29, 0.717) is 25.9 Å². The van der Waals surface area contributed by atoms with Gasteiger partial charge in [-0.15, -0.1) is 0 Å². The molecule has 0 aromatic rings.